The highest BCUT2D eigenvalue weighted by Crippen LogP contribution is 2.39. The first-order valence-electron chi connectivity index (χ1n) is 4.86. The fourth-order valence-electron chi connectivity index (χ4n) is 1.46. The Morgan fingerprint density at radius 1 is 0.842 bits per heavy atom. The maximum absolute atomic E-state index is 12.6. The quantitative estimate of drug-likeness (QED) is 0.686. The molecule has 0 spiro atoms. The summed E-state index contributed by atoms with van der Waals surface area (Å²) >= 11 is 0.969. The summed E-state index contributed by atoms with van der Waals surface area (Å²) in [4.78, 5) is 3.89. The number of hydrogen-bond acceptors (Lipinski definition) is 2. The summed E-state index contributed by atoms with van der Waals surface area (Å²) in [6.07, 6.45) is -8.44. The largest absolute Gasteiger partial charge is 0.416 e. The van der Waals surface area contributed by atoms with Crippen molar-refractivity contribution in [2.24, 2.45) is 0 Å². The van der Waals surface area contributed by atoms with E-state index in [1.54, 1.807) is 0 Å². The standard InChI is InChI=1S/C11H5F6NS/c12-10(13,14)7-1-6(9-4-18-5-19-9)2-8(3-7)11(15,16)17/h1-5H. The Hall–Kier alpha value is -1.57. The first-order valence-corrected chi connectivity index (χ1v) is 5.74. The lowest BCUT2D eigenvalue weighted by Gasteiger charge is -2.13. The van der Waals surface area contributed by atoms with Crippen molar-refractivity contribution in [2.75, 3.05) is 0 Å². The second-order valence-corrected chi connectivity index (χ2v) is 4.55. The number of hydrogen-bond donors (Lipinski definition) is 0. The summed E-state index contributed by atoms with van der Waals surface area (Å²) in [6.45, 7) is 0. The Bertz CT molecular complexity index is 538. The minimum absolute atomic E-state index is 0.102. The molecule has 19 heavy (non-hydrogen) atoms. The first-order chi connectivity index (χ1) is 8.68. The molecule has 8 heteroatoms. The number of benzene rings is 1. The minimum atomic E-state index is -4.83. The third kappa shape index (κ3) is 3.06. The average molecular weight is 297 g/mol. The molecule has 2 aromatic rings. The lowest BCUT2D eigenvalue weighted by atomic mass is 10.0. The van der Waals surface area contributed by atoms with Gasteiger partial charge in [-0.05, 0) is 23.8 Å². The SMILES string of the molecule is FC(F)(F)c1cc(-c2cncs2)cc(C(F)(F)F)c1. The van der Waals surface area contributed by atoms with Gasteiger partial charge in [-0.2, -0.15) is 26.3 Å². The van der Waals surface area contributed by atoms with Gasteiger partial charge >= 0.3 is 12.4 Å². The van der Waals surface area contributed by atoms with Gasteiger partial charge in [0.15, 0.2) is 0 Å². The van der Waals surface area contributed by atoms with E-state index in [4.69, 9.17) is 0 Å². The van der Waals surface area contributed by atoms with E-state index in [0.717, 1.165) is 11.3 Å². The average Bonchev–Trinajstić information content (AvgIpc) is 2.79. The highest BCUT2D eigenvalue weighted by atomic mass is 32.1. The zero-order chi connectivity index (χ0) is 14.3. The summed E-state index contributed by atoms with van der Waals surface area (Å²) in [7, 11) is 0. The van der Waals surface area contributed by atoms with Crippen molar-refractivity contribution in [2.45, 2.75) is 12.4 Å². The molecule has 0 fully saturated rings. The molecule has 0 aliphatic rings. The van der Waals surface area contributed by atoms with Gasteiger partial charge in [-0.3, -0.25) is 4.98 Å². The normalized spacial score (nSPS) is 12.7. The molecule has 1 heterocycles. The molecule has 0 radical (unpaired) electrons. The predicted octanol–water partition coefficient (Wildman–Crippen LogP) is 4.85. The highest BCUT2D eigenvalue weighted by molar-refractivity contribution is 7.13. The molecular formula is C11H5F6NS. The zero-order valence-electron chi connectivity index (χ0n) is 9.01. The fourth-order valence-corrected chi connectivity index (χ4v) is 2.07. The number of rotatable bonds is 1. The lowest BCUT2D eigenvalue weighted by Crippen LogP contribution is -2.10. The van der Waals surface area contributed by atoms with Crippen LogP contribution in [0.1, 0.15) is 11.1 Å². The van der Waals surface area contributed by atoms with Crippen LogP contribution in [0.15, 0.2) is 29.9 Å². The molecule has 1 aromatic heterocycles. The molecule has 0 aliphatic heterocycles. The van der Waals surface area contributed by atoms with E-state index in [9.17, 15) is 26.3 Å². The van der Waals surface area contributed by atoms with E-state index < -0.39 is 23.5 Å². The number of nitrogens with zero attached hydrogens (tertiary/aromatic N) is 1. The maximum atomic E-state index is 12.6. The highest BCUT2D eigenvalue weighted by Gasteiger charge is 2.37. The molecule has 0 bridgehead atoms. The van der Waals surface area contributed by atoms with Crippen LogP contribution in [-0.4, -0.2) is 4.98 Å². The van der Waals surface area contributed by atoms with Crippen molar-refractivity contribution >= 4 is 11.3 Å². The van der Waals surface area contributed by atoms with Crippen LogP contribution in [0.4, 0.5) is 26.3 Å². The van der Waals surface area contributed by atoms with E-state index in [1.807, 2.05) is 0 Å². The summed E-state index contributed by atoms with van der Waals surface area (Å²) in [5.41, 5.74) is -1.47. The lowest BCUT2D eigenvalue weighted by molar-refractivity contribution is -0.143. The molecule has 0 aliphatic carbocycles. The van der Waals surface area contributed by atoms with Gasteiger partial charge in [0.2, 0.25) is 0 Å². The van der Waals surface area contributed by atoms with E-state index in [-0.39, 0.29) is 16.5 Å². The summed E-state index contributed by atoms with van der Waals surface area (Å²) < 4.78 is 75.6. The van der Waals surface area contributed by atoms with Gasteiger partial charge in [0.25, 0.3) is 0 Å². The Balaban J connectivity index is 2.62. The molecular weight excluding hydrogens is 292 g/mol. The summed E-state index contributed by atoms with van der Waals surface area (Å²) in [5, 5.41) is 0. The van der Waals surface area contributed by atoms with Gasteiger partial charge in [-0.15, -0.1) is 11.3 Å². The molecule has 0 saturated heterocycles. The number of aromatic nitrogens is 1. The summed E-state index contributed by atoms with van der Waals surface area (Å²) in [5.74, 6) is 0. The van der Waals surface area contributed by atoms with Crippen LogP contribution in [0.5, 0.6) is 0 Å². The third-order valence-electron chi connectivity index (χ3n) is 2.30. The van der Waals surface area contributed by atoms with Crippen LogP contribution in [0.2, 0.25) is 0 Å². The van der Waals surface area contributed by atoms with Crippen molar-refractivity contribution < 1.29 is 26.3 Å². The maximum Gasteiger partial charge on any atom is 0.416 e. The smallest absolute Gasteiger partial charge is 0.252 e. The fraction of sp³-hybridized carbons (Fsp3) is 0.182. The van der Waals surface area contributed by atoms with E-state index >= 15 is 0 Å². The van der Waals surface area contributed by atoms with Crippen LogP contribution in [0.25, 0.3) is 10.4 Å². The molecule has 1 nitrogen and oxygen atoms in total. The van der Waals surface area contributed by atoms with Gasteiger partial charge in [0.1, 0.15) is 0 Å². The van der Waals surface area contributed by atoms with Crippen molar-refractivity contribution in [3.63, 3.8) is 0 Å². The molecule has 0 unspecified atom stereocenters. The molecule has 0 saturated carbocycles. The number of halogens is 6. The molecule has 0 N–H and O–H groups in total. The third-order valence-corrected chi connectivity index (χ3v) is 3.13. The van der Waals surface area contributed by atoms with Gasteiger partial charge in [-0.1, -0.05) is 0 Å². The Kier molecular flexibility index (Phi) is 3.29. The Labute approximate surface area is 107 Å². The number of alkyl halides is 6. The molecule has 0 atom stereocenters. The Morgan fingerprint density at radius 2 is 1.37 bits per heavy atom. The van der Waals surface area contributed by atoms with Crippen molar-refractivity contribution in [1.82, 2.24) is 4.98 Å². The predicted molar refractivity (Wildman–Crippen MR) is 57.6 cm³/mol. The Morgan fingerprint density at radius 3 is 1.74 bits per heavy atom. The number of thiazole rings is 1. The monoisotopic (exact) mass is 297 g/mol. The van der Waals surface area contributed by atoms with Gasteiger partial charge in [-0.25, -0.2) is 0 Å². The molecule has 102 valence electrons. The van der Waals surface area contributed by atoms with Crippen LogP contribution in [0, 0.1) is 0 Å². The van der Waals surface area contributed by atoms with Crippen LogP contribution in [0.3, 0.4) is 0 Å². The van der Waals surface area contributed by atoms with Gasteiger partial charge in [0.05, 0.1) is 21.5 Å². The van der Waals surface area contributed by atoms with E-state index in [0.29, 0.717) is 12.1 Å². The van der Waals surface area contributed by atoms with Crippen molar-refractivity contribution in [3.05, 3.63) is 41.0 Å². The molecule has 2 rings (SSSR count). The van der Waals surface area contributed by atoms with Crippen LogP contribution < -0.4 is 0 Å². The van der Waals surface area contributed by atoms with Gasteiger partial charge < -0.3 is 0 Å². The zero-order valence-corrected chi connectivity index (χ0v) is 9.83. The van der Waals surface area contributed by atoms with Crippen molar-refractivity contribution in [3.8, 4) is 10.4 Å². The van der Waals surface area contributed by atoms with Gasteiger partial charge in [0, 0.05) is 6.20 Å². The topological polar surface area (TPSA) is 12.9 Å². The minimum Gasteiger partial charge on any atom is -0.252 e. The van der Waals surface area contributed by atoms with Crippen LogP contribution >= 0.6 is 11.3 Å². The van der Waals surface area contributed by atoms with Crippen LogP contribution in [-0.2, 0) is 12.4 Å². The summed E-state index contributed by atoms with van der Waals surface area (Å²) in [6, 6.07) is 1.47. The first kappa shape index (κ1) is 13.9. The van der Waals surface area contributed by atoms with E-state index in [1.165, 1.54) is 11.7 Å². The van der Waals surface area contributed by atoms with E-state index in [2.05, 4.69) is 4.98 Å². The molecule has 1 aromatic carbocycles. The second-order valence-electron chi connectivity index (χ2n) is 3.66. The second kappa shape index (κ2) is 4.52. The van der Waals surface area contributed by atoms with Crippen molar-refractivity contribution in [1.29, 1.82) is 0 Å². The molecule has 0 amide bonds.